The molecule has 3 heteroatoms. The monoisotopic (exact) mass is 288 g/mol. The standard InChI is InChI=1S/C18H28N2O/c1-3-20(4-2)17-12-14-19(15-17)13-8-11-18(21)16-9-6-5-7-10-16/h5-7,9-10,17H,3-4,8,11-15H2,1-2H3. The molecule has 0 aliphatic carbocycles. The Bertz CT molecular complexity index is 428. The molecule has 116 valence electrons. The number of rotatable bonds is 8. The minimum atomic E-state index is 0.273. The van der Waals surface area contributed by atoms with Crippen LogP contribution in [0.25, 0.3) is 0 Å². The Kier molecular flexibility index (Phi) is 6.40. The van der Waals surface area contributed by atoms with Crippen molar-refractivity contribution in [3.05, 3.63) is 35.9 Å². The number of carbonyl (C=O) groups is 1. The molecule has 0 aromatic heterocycles. The molecule has 0 bridgehead atoms. The Balaban J connectivity index is 1.69. The van der Waals surface area contributed by atoms with Gasteiger partial charge in [-0.2, -0.15) is 0 Å². The van der Waals surface area contributed by atoms with Crippen LogP contribution in [0.2, 0.25) is 0 Å². The van der Waals surface area contributed by atoms with Crippen molar-refractivity contribution >= 4 is 5.78 Å². The third-order valence-electron chi connectivity index (χ3n) is 4.55. The maximum absolute atomic E-state index is 12.1. The molecular formula is C18H28N2O. The molecule has 2 rings (SSSR count). The summed E-state index contributed by atoms with van der Waals surface area (Å²) in [6.45, 7) is 10.2. The Morgan fingerprint density at radius 1 is 1.24 bits per heavy atom. The van der Waals surface area contributed by atoms with Gasteiger partial charge < -0.3 is 4.90 Å². The largest absolute Gasteiger partial charge is 0.302 e. The van der Waals surface area contributed by atoms with Crippen molar-refractivity contribution in [2.45, 2.75) is 39.2 Å². The molecule has 1 aliphatic rings. The first-order valence-electron chi connectivity index (χ1n) is 8.29. The number of carbonyl (C=O) groups excluding carboxylic acids is 1. The first-order chi connectivity index (χ1) is 10.2. The minimum absolute atomic E-state index is 0.273. The summed E-state index contributed by atoms with van der Waals surface area (Å²) in [5.74, 6) is 0.273. The normalized spacial score (nSPS) is 19.3. The lowest BCUT2D eigenvalue weighted by molar-refractivity contribution is 0.0975. The minimum Gasteiger partial charge on any atom is -0.302 e. The van der Waals surface area contributed by atoms with Gasteiger partial charge in [-0.15, -0.1) is 0 Å². The van der Waals surface area contributed by atoms with Crippen molar-refractivity contribution in [1.82, 2.24) is 9.80 Å². The van der Waals surface area contributed by atoms with E-state index in [0.717, 1.165) is 31.6 Å². The third kappa shape index (κ3) is 4.65. The first-order valence-corrected chi connectivity index (χ1v) is 8.29. The lowest BCUT2D eigenvalue weighted by Gasteiger charge is -2.26. The van der Waals surface area contributed by atoms with Gasteiger partial charge in [-0.05, 0) is 39.0 Å². The Labute approximate surface area is 128 Å². The lowest BCUT2D eigenvalue weighted by Crippen LogP contribution is -2.37. The second-order valence-electron chi connectivity index (χ2n) is 5.86. The lowest BCUT2D eigenvalue weighted by atomic mass is 10.1. The van der Waals surface area contributed by atoms with Crippen LogP contribution in [-0.2, 0) is 0 Å². The quantitative estimate of drug-likeness (QED) is 0.687. The molecule has 1 fully saturated rings. The smallest absolute Gasteiger partial charge is 0.162 e. The summed E-state index contributed by atoms with van der Waals surface area (Å²) in [6.07, 6.45) is 2.91. The zero-order chi connectivity index (χ0) is 15.1. The molecule has 21 heavy (non-hydrogen) atoms. The van der Waals surface area contributed by atoms with E-state index in [1.807, 2.05) is 30.3 Å². The number of hydrogen-bond donors (Lipinski definition) is 0. The summed E-state index contributed by atoms with van der Waals surface area (Å²) < 4.78 is 0. The molecule has 1 aliphatic heterocycles. The van der Waals surface area contributed by atoms with Gasteiger partial charge >= 0.3 is 0 Å². The van der Waals surface area contributed by atoms with E-state index < -0.39 is 0 Å². The SMILES string of the molecule is CCN(CC)C1CCN(CCCC(=O)c2ccccc2)C1. The highest BCUT2D eigenvalue weighted by molar-refractivity contribution is 5.95. The van der Waals surface area contributed by atoms with E-state index >= 15 is 0 Å². The van der Waals surface area contributed by atoms with Crippen molar-refractivity contribution in [1.29, 1.82) is 0 Å². The van der Waals surface area contributed by atoms with E-state index in [9.17, 15) is 4.79 Å². The van der Waals surface area contributed by atoms with Gasteiger partial charge in [0.2, 0.25) is 0 Å². The van der Waals surface area contributed by atoms with Gasteiger partial charge in [0.1, 0.15) is 0 Å². The fourth-order valence-electron chi connectivity index (χ4n) is 3.28. The molecule has 0 amide bonds. The predicted molar refractivity (Wildman–Crippen MR) is 87.8 cm³/mol. The number of likely N-dealkylation sites (N-methyl/N-ethyl adjacent to an activating group) is 1. The summed E-state index contributed by atoms with van der Waals surface area (Å²) in [4.78, 5) is 17.1. The second-order valence-corrected chi connectivity index (χ2v) is 5.86. The van der Waals surface area contributed by atoms with Crippen LogP contribution in [0.15, 0.2) is 30.3 Å². The van der Waals surface area contributed by atoms with Crippen molar-refractivity contribution in [3.63, 3.8) is 0 Å². The van der Waals surface area contributed by atoms with E-state index in [1.165, 1.54) is 19.5 Å². The summed E-state index contributed by atoms with van der Waals surface area (Å²) in [6, 6.07) is 10.4. The molecule has 0 spiro atoms. The number of likely N-dealkylation sites (tertiary alicyclic amines) is 1. The van der Waals surface area contributed by atoms with Crippen LogP contribution in [-0.4, -0.2) is 54.3 Å². The average molecular weight is 288 g/mol. The van der Waals surface area contributed by atoms with Crippen LogP contribution in [0.1, 0.15) is 43.5 Å². The maximum Gasteiger partial charge on any atom is 0.162 e. The molecule has 1 aromatic rings. The van der Waals surface area contributed by atoms with Crippen LogP contribution in [0.4, 0.5) is 0 Å². The molecule has 1 aromatic carbocycles. The zero-order valence-electron chi connectivity index (χ0n) is 13.4. The number of benzene rings is 1. The molecule has 1 saturated heterocycles. The number of hydrogen-bond acceptors (Lipinski definition) is 3. The molecular weight excluding hydrogens is 260 g/mol. The van der Waals surface area contributed by atoms with Gasteiger partial charge in [0.15, 0.2) is 5.78 Å². The first kappa shape index (κ1) is 16.2. The van der Waals surface area contributed by atoms with Gasteiger partial charge in [-0.25, -0.2) is 0 Å². The van der Waals surface area contributed by atoms with E-state index in [2.05, 4.69) is 23.6 Å². The highest BCUT2D eigenvalue weighted by Crippen LogP contribution is 2.16. The van der Waals surface area contributed by atoms with Gasteiger partial charge in [-0.1, -0.05) is 44.2 Å². The fraction of sp³-hybridized carbons (Fsp3) is 0.611. The van der Waals surface area contributed by atoms with Crippen LogP contribution >= 0.6 is 0 Å². The van der Waals surface area contributed by atoms with Crippen LogP contribution in [0.3, 0.4) is 0 Å². The van der Waals surface area contributed by atoms with Crippen LogP contribution in [0, 0.1) is 0 Å². The van der Waals surface area contributed by atoms with Gasteiger partial charge in [-0.3, -0.25) is 9.69 Å². The molecule has 3 nitrogen and oxygen atoms in total. The highest BCUT2D eigenvalue weighted by Gasteiger charge is 2.25. The molecule has 0 radical (unpaired) electrons. The predicted octanol–water partition coefficient (Wildman–Crippen LogP) is 3.07. The third-order valence-corrected chi connectivity index (χ3v) is 4.55. The topological polar surface area (TPSA) is 23.6 Å². The van der Waals surface area contributed by atoms with Gasteiger partial charge in [0, 0.05) is 24.6 Å². The Morgan fingerprint density at radius 3 is 2.62 bits per heavy atom. The second kappa shape index (κ2) is 8.30. The van der Waals surface area contributed by atoms with E-state index in [1.54, 1.807) is 0 Å². The maximum atomic E-state index is 12.1. The van der Waals surface area contributed by atoms with Crippen LogP contribution < -0.4 is 0 Å². The summed E-state index contributed by atoms with van der Waals surface area (Å²) in [7, 11) is 0. The van der Waals surface area contributed by atoms with E-state index in [-0.39, 0.29) is 5.78 Å². The summed E-state index contributed by atoms with van der Waals surface area (Å²) in [5.41, 5.74) is 0.847. The number of nitrogens with zero attached hydrogens (tertiary/aromatic N) is 2. The fourth-order valence-corrected chi connectivity index (χ4v) is 3.28. The van der Waals surface area contributed by atoms with Gasteiger partial charge in [0.05, 0.1) is 0 Å². The number of ketones is 1. The summed E-state index contributed by atoms with van der Waals surface area (Å²) >= 11 is 0. The Morgan fingerprint density at radius 2 is 1.95 bits per heavy atom. The van der Waals surface area contributed by atoms with Crippen molar-refractivity contribution < 1.29 is 4.79 Å². The van der Waals surface area contributed by atoms with Crippen molar-refractivity contribution in [3.8, 4) is 0 Å². The van der Waals surface area contributed by atoms with Gasteiger partial charge in [0.25, 0.3) is 0 Å². The van der Waals surface area contributed by atoms with Crippen LogP contribution in [0.5, 0.6) is 0 Å². The molecule has 0 saturated carbocycles. The molecule has 1 heterocycles. The number of Topliss-reactive ketones (excluding diaryl/α,β-unsaturated/α-hetero) is 1. The molecule has 0 N–H and O–H groups in total. The summed E-state index contributed by atoms with van der Waals surface area (Å²) in [5, 5.41) is 0. The Hall–Kier alpha value is -1.19. The zero-order valence-corrected chi connectivity index (χ0v) is 13.4. The van der Waals surface area contributed by atoms with E-state index in [4.69, 9.17) is 0 Å². The average Bonchev–Trinajstić information content (AvgIpc) is 2.98. The van der Waals surface area contributed by atoms with Crippen molar-refractivity contribution in [2.75, 3.05) is 32.7 Å². The molecule has 1 atom stereocenters. The molecule has 1 unspecified atom stereocenters. The van der Waals surface area contributed by atoms with Crippen molar-refractivity contribution in [2.24, 2.45) is 0 Å². The van der Waals surface area contributed by atoms with E-state index in [0.29, 0.717) is 12.5 Å². The highest BCUT2D eigenvalue weighted by atomic mass is 16.1.